The van der Waals surface area contributed by atoms with Crippen molar-refractivity contribution >= 4 is 33.9 Å². The van der Waals surface area contributed by atoms with Crippen molar-refractivity contribution in [2.24, 2.45) is 0 Å². The minimum Gasteiger partial charge on any atom is -0.507 e. The summed E-state index contributed by atoms with van der Waals surface area (Å²) in [5, 5.41) is 16.4. The lowest BCUT2D eigenvalue weighted by molar-refractivity contribution is 0.291. The maximum atomic E-state index is 11.2. The zero-order chi connectivity index (χ0) is 23.4. The Bertz CT molecular complexity index is 1250. The van der Waals surface area contributed by atoms with Crippen molar-refractivity contribution in [1.82, 2.24) is 9.88 Å². The number of methoxy groups -OCH3 is 1. The summed E-state index contributed by atoms with van der Waals surface area (Å²) >= 11 is 6.15. The molecule has 170 valence electrons. The number of phenolic OH excluding ortho intramolecular Hbond substituents is 1. The van der Waals surface area contributed by atoms with E-state index in [0.717, 1.165) is 57.8 Å². The van der Waals surface area contributed by atoms with Crippen LogP contribution in [0.25, 0.3) is 22.0 Å². The number of hydrogen-bond donors (Lipinski definition) is 2. The van der Waals surface area contributed by atoms with E-state index in [1.165, 1.54) is 0 Å². The molecule has 1 heterocycles. The Hall–Kier alpha value is -3.28. The van der Waals surface area contributed by atoms with Gasteiger partial charge >= 0.3 is 0 Å². The minimum absolute atomic E-state index is 0.295. The van der Waals surface area contributed by atoms with Gasteiger partial charge in [-0.1, -0.05) is 37.6 Å². The summed E-state index contributed by atoms with van der Waals surface area (Å²) in [7, 11) is 1.64. The number of nitrogens with one attached hydrogen (secondary N) is 1. The van der Waals surface area contributed by atoms with Crippen LogP contribution in [0.3, 0.4) is 0 Å². The van der Waals surface area contributed by atoms with Gasteiger partial charge in [-0.3, -0.25) is 9.88 Å². The number of benzene rings is 3. The first kappa shape index (κ1) is 22.9. The lowest BCUT2D eigenvalue weighted by Crippen LogP contribution is -2.22. The van der Waals surface area contributed by atoms with E-state index in [4.69, 9.17) is 16.3 Å². The van der Waals surface area contributed by atoms with E-state index in [1.807, 2.05) is 60.7 Å². The Morgan fingerprint density at radius 2 is 1.76 bits per heavy atom. The Balaban J connectivity index is 1.80. The molecular formula is C27H28ClN3O2. The maximum absolute atomic E-state index is 11.2. The number of hydrogen-bond acceptors (Lipinski definition) is 5. The van der Waals surface area contributed by atoms with Gasteiger partial charge in [0.15, 0.2) is 0 Å². The molecule has 4 rings (SSSR count). The predicted octanol–water partition coefficient (Wildman–Crippen LogP) is 6.85. The fourth-order valence-corrected chi connectivity index (χ4v) is 4.12. The van der Waals surface area contributed by atoms with E-state index < -0.39 is 0 Å². The zero-order valence-corrected chi connectivity index (χ0v) is 19.9. The summed E-state index contributed by atoms with van der Waals surface area (Å²) in [5.74, 6) is 1.07. The average Bonchev–Trinajstić information content (AvgIpc) is 2.84. The summed E-state index contributed by atoms with van der Waals surface area (Å²) in [6.07, 6.45) is 1.77. The zero-order valence-electron chi connectivity index (χ0n) is 19.1. The van der Waals surface area contributed by atoms with Crippen LogP contribution in [0.2, 0.25) is 5.02 Å². The fourth-order valence-electron chi connectivity index (χ4n) is 3.95. The standard InChI is InChI=1S/C27H28ClN3O2/c1-4-31(5-2)17-19-14-21(16-24(27(19)32)18-6-9-22(33-3)10-7-18)30-25-12-13-29-26-15-20(28)8-11-23(25)26/h6-16,32H,4-5,17H2,1-3H3,(H,29,30). The molecule has 0 atom stereocenters. The van der Waals surface area contributed by atoms with Gasteiger partial charge in [0.1, 0.15) is 11.5 Å². The molecule has 0 saturated heterocycles. The lowest BCUT2D eigenvalue weighted by atomic mass is 9.99. The second-order valence-electron chi connectivity index (χ2n) is 7.87. The molecule has 2 N–H and O–H groups in total. The van der Waals surface area contributed by atoms with Gasteiger partial charge in [-0.15, -0.1) is 0 Å². The van der Waals surface area contributed by atoms with Crippen LogP contribution in [0, 0.1) is 0 Å². The molecule has 0 amide bonds. The van der Waals surface area contributed by atoms with Crippen LogP contribution in [0.15, 0.2) is 66.9 Å². The molecule has 6 heteroatoms. The van der Waals surface area contributed by atoms with Gasteiger partial charge in [0, 0.05) is 45.7 Å². The molecule has 0 fully saturated rings. The van der Waals surface area contributed by atoms with Gasteiger partial charge in [-0.2, -0.15) is 0 Å². The van der Waals surface area contributed by atoms with Crippen molar-refractivity contribution in [2.45, 2.75) is 20.4 Å². The van der Waals surface area contributed by atoms with Crippen LogP contribution in [0.4, 0.5) is 11.4 Å². The van der Waals surface area contributed by atoms with E-state index in [2.05, 4.69) is 29.0 Å². The van der Waals surface area contributed by atoms with E-state index in [0.29, 0.717) is 17.3 Å². The Labute approximate surface area is 199 Å². The average molecular weight is 462 g/mol. The van der Waals surface area contributed by atoms with Crippen LogP contribution < -0.4 is 10.1 Å². The highest BCUT2D eigenvalue weighted by atomic mass is 35.5. The molecule has 3 aromatic carbocycles. The van der Waals surface area contributed by atoms with Crippen molar-refractivity contribution in [1.29, 1.82) is 0 Å². The van der Waals surface area contributed by atoms with Crippen LogP contribution in [0.1, 0.15) is 19.4 Å². The van der Waals surface area contributed by atoms with Gasteiger partial charge in [0.2, 0.25) is 0 Å². The van der Waals surface area contributed by atoms with Gasteiger partial charge in [0.05, 0.1) is 12.6 Å². The molecule has 0 bridgehead atoms. The minimum atomic E-state index is 0.295. The number of rotatable bonds is 8. The van der Waals surface area contributed by atoms with Crippen LogP contribution in [-0.4, -0.2) is 35.2 Å². The molecular weight excluding hydrogens is 434 g/mol. The smallest absolute Gasteiger partial charge is 0.128 e. The third-order valence-electron chi connectivity index (χ3n) is 5.86. The topological polar surface area (TPSA) is 57.6 Å². The van der Waals surface area contributed by atoms with Crippen molar-refractivity contribution in [3.63, 3.8) is 0 Å². The first-order chi connectivity index (χ1) is 16.0. The Kier molecular flexibility index (Phi) is 7.02. The highest BCUT2D eigenvalue weighted by Gasteiger charge is 2.15. The van der Waals surface area contributed by atoms with Gasteiger partial charge < -0.3 is 15.2 Å². The molecule has 0 aliphatic carbocycles. The molecule has 0 aliphatic rings. The highest BCUT2D eigenvalue weighted by molar-refractivity contribution is 6.31. The number of phenols is 1. The molecule has 4 aromatic rings. The number of pyridine rings is 1. The predicted molar refractivity (Wildman–Crippen MR) is 137 cm³/mol. The van der Waals surface area contributed by atoms with Crippen LogP contribution >= 0.6 is 11.6 Å². The lowest BCUT2D eigenvalue weighted by Gasteiger charge is -2.21. The summed E-state index contributed by atoms with van der Waals surface area (Å²) < 4.78 is 5.30. The Morgan fingerprint density at radius 1 is 1.00 bits per heavy atom. The largest absolute Gasteiger partial charge is 0.507 e. The summed E-state index contributed by atoms with van der Waals surface area (Å²) in [4.78, 5) is 6.71. The third-order valence-corrected chi connectivity index (χ3v) is 6.10. The van der Waals surface area contributed by atoms with E-state index in [-0.39, 0.29) is 0 Å². The molecule has 0 unspecified atom stereocenters. The third kappa shape index (κ3) is 5.05. The summed E-state index contributed by atoms with van der Waals surface area (Å²) in [6.45, 7) is 6.72. The van der Waals surface area contributed by atoms with Gasteiger partial charge in [-0.25, -0.2) is 0 Å². The van der Waals surface area contributed by atoms with Crippen molar-refractivity contribution in [2.75, 3.05) is 25.5 Å². The molecule has 0 saturated carbocycles. The number of anilines is 2. The molecule has 0 radical (unpaired) electrons. The molecule has 0 aliphatic heterocycles. The maximum Gasteiger partial charge on any atom is 0.128 e. The van der Waals surface area contributed by atoms with Crippen molar-refractivity contribution in [3.8, 4) is 22.6 Å². The summed E-state index contributed by atoms with van der Waals surface area (Å²) in [5.41, 5.74) is 5.20. The fraction of sp³-hybridized carbons (Fsp3) is 0.222. The highest BCUT2D eigenvalue weighted by Crippen LogP contribution is 2.38. The number of nitrogens with zero attached hydrogens (tertiary/aromatic N) is 2. The second kappa shape index (κ2) is 10.1. The first-order valence-electron chi connectivity index (χ1n) is 11.1. The quantitative estimate of drug-likeness (QED) is 0.281. The number of aromatic hydroxyl groups is 1. The van der Waals surface area contributed by atoms with Crippen LogP contribution in [-0.2, 0) is 6.54 Å². The SMILES string of the molecule is CCN(CC)Cc1cc(Nc2ccnc3cc(Cl)ccc23)cc(-c2ccc(OC)cc2)c1O. The summed E-state index contributed by atoms with van der Waals surface area (Å²) in [6, 6.07) is 19.3. The molecule has 5 nitrogen and oxygen atoms in total. The molecule has 33 heavy (non-hydrogen) atoms. The van der Waals surface area contributed by atoms with Crippen LogP contribution in [0.5, 0.6) is 11.5 Å². The van der Waals surface area contributed by atoms with Gasteiger partial charge in [-0.05, 0) is 67.2 Å². The normalized spacial score (nSPS) is 11.2. The van der Waals surface area contributed by atoms with E-state index in [9.17, 15) is 5.11 Å². The van der Waals surface area contributed by atoms with E-state index >= 15 is 0 Å². The molecule has 0 spiro atoms. The van der Waals surface area contributed by atoms with Crippen molar-refractivity contribution < 1.29 is 9.84 Å². The number of fused-ring (bicyclic) bond motifs is 1. The molecule has 1 aromatic heterocycles. The van der Waals surface area contributed by atoms with E-state index in [1.54, 1.807) is 13.3 Å². The van der Waals surface area contributed by atoms with Crippen molar-refractivity contribution in [3.05, 3.63) is 77.4 Å². The number of halogens is 1. The number of ether oxygens (including phenoxy) is 1. The Morgan fingerprint density at radius 3 is 2.45 bits per heavy atom. The number of aromatic nitrogens is 1. The monoisotopic (exact) mass is 461 g/mol. The van der Waals surface area contributed by atoms with Gasteiger partial charge in [0.25, 0.3) is 0 Å². The second-order valence-corrected chi connectivity index (χ2v) is 8.30. The first-order valence-corrected chi connectivity index (χ1v) is 11.4.